The number of nitrogens with zero attached hydrogens (tertiary/aromatic N) is 1. The topological polar surface area (TPSA) is 62.2 Å². The van der Waals surface area contributed by atoms with Gasteiger partial charge in [0.25, 0.3) is 5.91 Å². The average Bonchev–Trinajstić information content (AvgIpc) is 2.46. The summed E-state index contributed by atoms with van der Waals surface area (Å²) in [6.07, 6.45) is 1.59. The van der Waals surface area contributed by atoms with Gasteiger partial charge < -0.3 is 10.4 Å². The maximum absolute atomic E-state index is 12.4. The van der Waals surface area contributed by atoms with E-state index in [0.717, 1.165) is 16.5 Å². The van der Waals surface area contributed by atoms with Crippen LogP contribution in [0.3, 0.4) is 0 Å². The van der Waals surface area contributed by atoms with Crippen molar-refractivity contribution in [3.05, 3.63) is 65.4 Å². The van der Waals surface area contributed by atoms with Crippen LogP contribution >= 0.6 is 0 Å². The number of aromatic nitrogens is 1. The van der Waals surface area contributed by atoms with Gasteiger partial charge in [-0.2, -0.15) is 0 Å². The molecule has 0 unspecified atom stereocenters. The third-order valence-electron chi connectivity index (χ3n) is 3.47. The molecular weight excluding hydrogens is 288 g/mol. The lowest BCUT2D eigenvalue weighted by atomic mass is 10.1. The van der Waals surface area contributed by atoms with E-state index in [1.54, 1.807) is 24.4 Å². The van der Waals surface area contributed by atoms with E-state index in [4.69, 9.17) is 0 Å². The van der Waals surface area contributed by atoms with E-state index >= 15 is 0 Å². The molecule has 0 aliphatic heterocycles. The van der Waals surface area contributed by atoms with E-state index in [2.05, 4.69) is 10.3 Å². The fourth-order valence-electron chi connectivity index (χ4n) is 2.56. The van der Waals surface area contributed by atoms with E-state index in [1.807, 2.05) is 38.1 Å². The fourth-order valence-corrected chi connectivity index (χ4v) is 2.56. The van der Waals surface area contributed by atoms with Crippen molar-refractivity contribution >= 4 is 22.5 Å². The van der Waals surface area contributed by atoms with Crippen LogP contribution in [0.5, 0.6) is 5.75 Å². The molecule has 0 aliphatic rings. The summed E-state index contributed by atoms with van der Waals surface area (Å²) < 4.78 is 0. The quantitative estimate of drug-likeness (QED) is 0.735. The van der Waals surface area contributed by atoms with Crippen molar-refractivity contribution in [2.75, 3.05) is 5.32 Å². The molecule has 0 saturated carbocycles. The van der Waals surface area contributed by atoms with Gasteiger partial charge in [-0.1, -0.05) is 25.6 Å². The molecule has 2 aromatic carbocycles. The van der Waals surface area contributed by atoms with Crippen LogP contribution in [0.1, 0.15) is 28.9 Å². The fraction of sp³-hybridized carbons (Fsp3) is 0.158. The number of aryl methyl sites for hydroxylation is 2. The third kappa shape index (κ3) is 3.31. The molecule has 0 fully saturated rings. The average molecular weight is 308 g/mol. The molecule has 4 heteroatoms. The van der Waals surface area contributed by atoms with E-state index in [1.165, 1.54) is 0 Å². The van der Waals surface area contributed by atoms with Crippen molar-refractivity contribution in [1.29, 1.82) is 0 Å². The first-order chi connectivity index (χ1) is 10.5. The van der Waals surface area contributed by atoms with E-state index in [9.17, 15) is 9.90 Å². The molecule has 118 valence electrons. The molecule has 1 aromatic heterocycles. The third-order valence-corrected chi connectivity index (χ3v) is 3.47. The molecule has 0 saturated heterocycles. The minimum atomic E-state index is -0.352. The summed E-state index contributed by atoms with van der Waals surface area (Å²) >= 11 is 0. The Bertz CT molecular complexity index is 852. The maximum atomic E-state index is 12.4. The Labute approximate surface area is 135 Å². The second-order valence-corrected chi connectivity index (χ2v) is 5.37. The van der Waals surface area contributed by atoms with Crippen molar-refractivity contribution in [3.63, 3.8) is 0 Å². The van der Waals surface area contributed by atoms with Gasteiger partial charge in [0.05, 0.1) is 5.56 Å². The van der Waals surface area contributed by atoms with Crippen LogP contribution in [-0.2, 0) is 0 Å². The highest BCUT2D eigenvalue weighted by Gasteiger charge is 2.14. The van der Waals surface area contributed by atoms with E-state index in [-0.39, 0.29) is 24.6 Å². The SMILES string of the molecule is C.Cc1cc(C)cc(NC(=O)c2ccc3cccnc3c2O)c1. The zero-order valence-electron chi connectivity index (χ0n) is 12.4. The summed E-state index contributed by atoms with van der Waals surface area (Å²) in [5.74, 6) is -0.449. The number of phenols is 1. The summed E-state index contributed by atoms with van der Waals surface area (Å²) in [5.41, 5.74) is 3.49. The van der Waals surface area contributed by atoms with Crippen LogP contribution in [0.4, 0.5) is 5.69 Å². The van der Waals surface area contributed by atoms with Crippen LogP contribution in [0.25, 0.3) is 10.9 Å². The number of carbonyl (C=O) groups is 1. The molecule has 3 aromatic rings. The van der Waals surface area contributed by atoms with Gasteiger partial charge in [-0.15, -0.1) is 0 Å². The smallest absolute Gasteiger partial charge is 0.259 e. The minimum absolute atomic E-state index is 0. The molecule has 23 heavy (non-hydrogen) atoms. The molecule has 4 nitrogen and oxygen atoms in total. The Kier molecular flexibility index (Phi) is 4.65. The second-order valence-electron chi connectivity index (χ2n) is 5.37. The molecule has 0 spiro atoms. The Morgan fingerprint density at radius 3 is 2.48 bits per heavy atom. The number of aromatic hydroxyl groups is 1. The lowest BCUT2D eigenvalue weighted by Crippen LogP contribution is -2.12. The molecule has 2 N–H and O–H groups in total. The lowest BCUT2D eigenvalue weighted by molar-refractivity contribution is 0.102. The predicted molar refractivity (Wildman–Crippen MR) is 94.0 cm³/mol. The highest BCUT2D eigenvalue weighted by Crippen LogP contribution is 2.27. The molecule has 0 bridgehead atoms. The van der Waals surface area contributed by atoms with Crippen LogP contribution < -0.4 is 5.32 Å². The van der Waals surface area contributed by atoms with Gasteiger partial charge in [-0.05, 0) is 49.2 Å². The molecule has 3 rings (SSSR count). The molecule has 0 aliphatic carbocycles. The van der Waals surface area contributed by atoms with Crippen molar-refractivity contribution < 1.29 is 9.90 Å². The Hall–Kier alpha value is -2.88. The first-order valence-electron chi connectivity index (χ1n) is 7.01. The van der Waals surface area contributed by atoms with Gasteiger partial charge >= 0.3 is 0 Å². The van der Waals surface area contributed by atoms with Crippen molar-refractivity contribution in [3.8, 4) is 5.75 Å². The normalized spacial score (nSPS) is 10.2. The Balaban J connectivity index is 0.00000192. The van der Waals surface area contributed by atoms with Gasteiger partial charge in [0, 0.05) is 17.3 Å². The minimum Gasteiger partial charge on any atom is -0.505 e. The second kappa shape index (κ2) is 6.48. The van der Waals surface area contributed by atoms with Crippen molar-refractivity contribution in [2.24, 2.45) is 0 Å². The number of nitrogens with one attached hydrogen (secondary N) is 1. The Morgan fingerprint density at radius 1 is 1.09 bits per heavy atom. The van der Waals surface area contributed by atoms with Gasteiger partial charge in [-0.25, -0.2) is 0 Å². The Morgan fingerprint density at radius 2 is 1.78 bits per heavy atom. The number of pyridine rings is 1. The van der Waals surface area contributed by atoms with Gasteiger partial charge in [0.1, 0.15) is 5.52 Å². The number of rotatable bonds is 2. The monoisotopic (exact) mass is 308 g/mol. The first-order valence-corrected chi connectivity index (χ1v) is 7.01. The summed E-state index contributed by atoms with van der Waals surface area (Å²) in [5, 5.41) is 13.9. The van der Waals surface area contributed by atoms with Crippen molar-refractivity contribution in [1.82, 2.24) is 4.98 Å². The van der Waals surface area contributed by atoms with Gasteiger partial charge in [0.15, 0.2) is 5.75 Å². The standard InChI is InChI=1S/C18H16N2O2.CH4/c1-11-8-12(2)10-14(9-11)20-18(22)15-6-5-13-4-3-7-19-16(13)17(15)21;/h3-10,21H,1-2H3,(H,20,22);1H4. The van der Waals surface area contributed by atoms with E-state index in [0.29, 0.717) is 11.2 Å². The number of amides is 1. The summed E-state index contributed by atoms with van der Waals surface area (Å²) in [6.45, 7) is 3.94. The first kappa shape index (κ1) is 16.5. The van der Waals surface area contributed by atoms with Crippen LogP contribution in [0, 0.1) is 13.8 Å². The highest BCUT2D eigenvalue weighted by atomic mass is 16.3. The lowest BCUT2D eigenvalue weighted by Gasteiger charge is -2.10. The maximum Gasteiger partial charge on any atom is 0.259 e. The van der Waals surface area contributed by atoms with Gasteiger partial charge in [-0.3, -0.25) is 9.78 Å². The number of anilines is 1. The van der Waals surface area contributed by atoms with Crippen LogP contribution in [0.15, 0.2) is 48.7 Å². The number of fused-ring (bicyclic) bond motifs is 1. The van der Waals surface area contributed by atoms with E-state index < -0.39 is 0 Å². The number of phenolic OH excluding ortho intramolecular Hbond substituents is 1. The number of benzene rings is 2. The molecule has 0 radical (unpaired) electrons. The molecule has 1 heterocycles. The highest BCUT2D eigenvalue weighted by molar-refractivity contribution is 6.09. The van der Waals surface area contributed by atoms with Gasteiger partial charge in [0.2, 0.25) is 0 Å². The molecule has 1 amide bonds. The zero-order valence-corrected chi connectivity index (χ0v) is 12.4. The number of carbonyl (C=O) groups excluding carboxylic acids is 1. The van der Waals surface area contributed by atoms with Crippen LogP contribution in [-0.4, -0.2) is 16.0 Å². The van der Waals surface area contributed by atoms with Crippen LogP contribution in [0.2, 0.25) is 0 Å². The largest absolute Gasteiger partial charge is 0.505 e. The molecule has 0 atom stereocenters. The zero-order chi connectivity index (χ0) is 15.7. The summed E-state index contributed by atoms with van der Waals surface area (Å²) in [4.78, 5) is 16.5. The summed E-state index contributed by atoms with van der Waals surface area (Å²) in [6, 6.07) is 12.8. The van der Waals surface area contributed by atoms with Crippen molar-refractivity contribution in [2.45, 2.75) is 21.3 Å². The molecular formula is C19H20N2O2. The number of hydrogen-bond donors (Lipinski definition) is 2. The number of hydrogen-bond acceptors (Lipinski definition) is 3. The predicted octanol–water partition coefficient (Wildman–Crippen LogP) is 4.45. The summed E-state index contributed by atoms with van der Waals surface area (Å²) in [7, 11) is 0.